The van der Waals surface area contributed by atoms with Gasteiger partial charge < -0.3 is 10.1 Å². The second kappa shape index (κ2) is 8.21. The van der Waals surface area contributed by atoms with Gasteiger partial charge in [-0.05, 0) is 30.0 Å². The number of hydrogen-bond donors (Lipinski definition) is 1. The number of benzene rings is 2. The zero-order chi connectivity index (χ0) is 21.1. The molecule has 0 radical (unpaired) electrons. The summed E-state index contributed by atoms with van der Waals surface area (Å²) in [6.45, 7) is 7.71. The molecule has 2 rings (SSSR count). The van der Waals surface area contributed by atoms with E-state index >= 15 is 0 Å². The number of carbonyl (C=O) groups excluding carboxylic acids is 2. The van der Waals surface area contributed by atoms with Crippen molar-refractivity contribution in [1.82, 2.24) is 0 Å². The predicted octanol–water partition coefficient (Wildman–Crippen LogP) is 4.36. The second-order valence-electron chi connectivity index (χ2n) is 7.48. The van der Waals surface area contributed by atoms with Gasteiger partial charge in [-0.3, -0.25) is 14.9 Å². The van der Waals surface area contributed by atoms with Gasteiger partial charge in [-0.15, -0.1) is 0 Å². The summed E-state index contributed by atoms with van der Waals surface area (Å²) >= 11 is 0. The molecule has 0 aromatic heterocycles. The predicted molar refractivity (Wildman–Crippen MR) is 107 cm³/mol. The maximum absolute atomic E-state index is 12.6. The molecule has 148 valence electrons. The van der Waals surface area contributed by atoms with Gasteiger partial charge in [-0.1, -0.05) is 45.0 Å². The molecule has 0 saturated carbocycles. The monoisotopic (exact) mass is 384 g/mol. The fourth-order valence-electron chi connectivity index (χ4n) is 2.67. The van der Waals surface area contributed by atoms with Crippen molar-refractivity contribution in [2.45, 2.75) is 39.2 Å². The van der Waals surface area contributed by atoms with Crippen LogP contribution in [0, 0.1) is 10.1 Å². The Morgan fingerprint density at radius 1 is 1.07 bits per heavy atom. The molecule has 0 heterocycles. The first-order valence-corrected chi connectivity index (χ1v) is 8.86. The van der Waals surface area contributed by atoms with E-state index in [9.17, 15) is 19.7 Å². The van der Waals surface area contributed by atoms with E-state index in [1.54, 1.807) is 19.2 Å². The van der Waals surface area contributed by atoms with Gasteiger partial charge in [-0.25, -0.2) is 4.79 Å². The Bertz CT molecular complexity index is 898. The van der Waals surface area contributed by atoms with Crippen LogP contribution in [0.15, 0.2) is 42.5 Å². The van der Waals surface area contributed by atoms with E-state index in [1.165, 1.54) is 19.1 Å². The van der Waals surface area contributed by atoms with E-state index in [0.717, 1.165) is 11.6 Å². The summed E-state index contributed by atoms with van der Waals surface area (Å²) < 4.78 is 5.23. The number of anilines is 1. The number of ether oxygens (including phenoxy) is 1. The van der Waals surface area contributed by atoms with Gasteiger partial charge >= 0.3 is 5.97 Å². The first-order valence-electron chi connectivity index (χ1n) is 8.86. The summed E-state index contributed by atoms with van der Waals surface area (Å²) in [7, 11) is 1.55. The van der Waals surface area contributed by atoms with Gasteiger partial charge in [0, 0.05) is 18.7 Å². The molecular weight excluding hydrogens is 360 g/mol. The summed E-state index contributed by atoms with van der Waals surface area (Å²) in [5.41, 5.74) is 1.54. The van der Waals surface area contributed by atoms with Crippen LogP contribution in [0.2, 0.25) is 0 Å². The van der Waals surface area contributed by atoms with Crippen LogP contribution in [0.25, 0.3) is 0 Å². The number of nitro benzene ring substituents is 1. The molecule has 1 atom stereocenters. The molecule has 7 nitrogen and oxygen atoms in total. The van der Waals surface area contributed by atoms with Crippen LogP contribution < -0.4 is 5.32 Å². The molecule has 0 aliphatic rings. The highest BCUT2D eigenvalue weighted by Crippen LogP contribution is 2.26. The van der Waals surface area contributed by atoms with Gasteiger partial charge in [0.15, 0.2) is 6.10 Å². The maximum atomic E-state index is 12.6. The van der Waals surface area contributed by atoms with Crippen LogP contribution in [0.1, 0.15) is 54.0 Å². The normalized spacial score (nSPS) is 12.2. The summed E-state index contributed by atoms with van der Waals surface area (Å²) in [6.07, 6.45) is -1.02. The lowest BCUT2D eigenvalue weighted by Crippen LogP contribution is -2.24. The van der Waals surface area contributed by atoms with Crippen LogP contribution in [0.4, 0.5) is 11.4 Å². The molecule has 0 aliphatic carbocycles. The lowest BCUT2D eigenvalue weighted by Gasteiger charge is -2.19. The van der Waals surface area contributed by atoms with Crippen LogP contribution in [-0.4, -0.2) is 29.8 Å². The molecule has 28 heavy (non-hydrogen) atoms. The number of ketones is 1. The highest BCUT2D eigenvalue weighted by molar-refractivity contribution is 6.01. The van der Waals surface area contributed by atoms with Gasteiger partial charge in [0.25, 0.3) is 5.69 Å². The fourth-order valence-corrected chi connectivity index (χ4v) is 2.67. The first-order chi connectivity index (χ1) is 13.0. The number of hydrogen-bond acceptors (Lipinski definition) is 6. The second-order valence-corrected chi connectivity index (χ2v) is 7.48. The molecular formula is C21H24N2O5. The molecule has 0 spiro atoms. The average molecular weight is 384 g/mol. The van der Waals surface area contributed by atoms with Crippen molar-refractivity contribution >= 4 is 23.1 Å². The highest BCUT2D eigenvalue weighted by atomic mass is 16.6. The third-order valence-electron chi connectivity index (χ3n) is 4.39. The van der Waals surface area contributed by atoms with E-state index in [2.05, 4.69) is 26.1 Å². The van der Waals surface area contributed by atoms with Crippen LogP contribution in [0.5, 0.6) is 0 Å². The molecule has 0 amide bonds. The fraction of sp³-hybridized carbons (Fsp3) is 0.333. The minimum absolute atomic E-state index is 0.00781. The minimum Gasteiger partial charge on any atom is -0.451 e. The summed E-state index contributed by atoms with van der Waals surface area (Å²) in [6, 6.07) is 11.1. The van der Waals surface area contributed by atoms with Crippen molar-refractivity contribution < 1.29 is 19.2 Å². The lowest BCUT2D eigenvalue weighted by molar-refractivity contribution is -0.384. The van der Waals surface area contributed by atoms with Crippen molar-refractivity contribution in [3.8, 4) is 0 Å². The molecule has 0 aliphatic heterocycles. The highest BCUT2D eigenvalue weighted by Gasteiger charge is 2.23. The molecule has 1 N–H and O–H groups in total. The molecule has 0 unspecified atom stereocenters. The lowest BCUT2D eigenvalue weighted by atomic mass is 9.86. The number of esters is 1. The van der Waals surface area contributed by atoms with Crippen molar-refractivity contribution in [1.29, 1.82) is 0 Å². The van der Waals surface area contributed by atoms with Gasteiger partial charge in [0.05, 0.1) is 10.5 Å². The number of carbonyl (C=O) groups is 2. The first kappa shape index (κ1) is 21.1. The number of nitrogens with zero attached hydrogens (tertiary/aromatic N) is 1. The maximum Gasteiger partial charge on any atom is 0.339 e. The van der Waals surface area contributed by atoms with Gasteiger partial charge in [-0.2, -0.15) is 0 Å². The number of Topliss-reactive ketones (excluding diaryl/α,β-unsaturated/α-hetero) is 1. The smallest absolute Gasteiger partial charge is 0.339 e. The average Bonchev–Trinajstić information content (AvgIpc) is 2.66. The largest absolute Gasteiger partial charge is 0.451 e. The zero-order valence-corrected chi connectivity index (χ0v) is 16.6. The molecule has 7 heteroatoms. The molecule has 0 saturated heterocycles. The van der Waals surface area contributed by atoms with E-state index in [0.29, 0.717) is 5.56 Å². The standard InChI is InChI=1S/C21H24N2O5/c1-13(19(24)14-6-9-16(10-7-14)21(2,3)4)28-20(25)15-8-11-17(22-5)18(12-15)23(26)27/h6-13,22H,1-5H3/t13-/m1/s1. The topological polar surface area (TPSA) is 98.5 Å². The summed E-state index contributed by atoms with van der Waals surface area (Å²) in [5, 5.41) is 13.8. The Hall–Kier alpha value is -3.22. The number of nitrogens with one attached hydrogen (secondary N) is 1. The summed E-state index contributed by atoms with van der Waals surface area (Å²) in [4.78, 5) is 35.4. The van der Waals surface area contributed by atoms with Gasteiger partial charge in [0.1, 0.15) is 5.69 Å². The Balaban J connectivity index is 2.14. The van der Waals surface area contributed by atoms with E-state index in [4.69, 9.17) is 4.74 Å². The molecule has 0 bridgehead atoms. The SMILES string of the molecule is CNc1ccc(C(=O)O[C@H](C)C(=O)c2ccc(C(C)(C)C)cc2)cc1[N+](=O)[O-]. The zero-order valence-electron chi connectivity index (χ0n) is 16.6. The van der Waals surface area contributed by atoms with Crippen molar-refractivity contribution in [2.24, 2.45) is 0 Å². The van der Waals surface area contributed by atoms with Crippen molar-refractivity contribution in [2.75, 3.05) is 12.4 Å². The van der Waals surface area contributed by atoms with Crippen LogP contribution in [0.3, 0.4) is 0 Å². The third-order valence-corrected chi connectivity index (χ3v) is 4.39. The minimum atomic E-state index is -1.02. The molecule has 0 fully saturated rings. The van der Waals surface area contributed by atoms with Crippen LogP contribution in [-0.2, 0) is 10.2 Å². The Labute approximate surface area is 163 Å². The van der Waals surface area contributed by atoms with Crippen molar-refractivity contribution in [3.05, 3.63) is 69.3 Å². The number of nitro groups is 1. The van der Waals surface area contributed by atoms with E-state index in [1.807, 2.05) is 12.1 Å². The Kier molecular flexibility index (Phi) is 6.18. The van der Waals surface area contributed by atoms with Gasteiger partial charge in [0.2, 0.25) is 5.78 Å². The van der Waals surface area contributed by atoms with E-state index in [-0.39, 0.29) is 28.1 Å². The molecule has 2 aromatic carbocycles. The van der Waals surface area contributed by atoms with Crippen molar-refractivity contribution in [3.63, 3.8) is 0 Å². The van der Waals surface area contributed by atoms with E-state index < -0.39 is 17.0 Å². The molecule has 2 aromatic rings. The van der Waals surface area contributed by atoms with Crippen LogP contribution >= 0.6 is 0 Å². The Morgan fingerprint density at radius 3 is 2.14 bits per heavy atom. The quantitative estimate of drug-likeness (QED) is 0.344. The third kappa shape index (κ3) is 4.73. The Morgan fingerprint density at radius 2 is 1.64 bits per heavy atom. The summed E-state index contributed by atoms with van der Waals surface area (Å²) in [5.74, 6) is -1.13. The number of rotatable bonds is 6.